The Kier molecular flexibility index (Phi) is 2.51. The van der Waals surface area contributed by atoms with E-state index in [-0.39, 0.29) is 6.10 Å². The number of fused-ring (bicyclic) bond motifs is 1. The highest BCUT2D eigenvalue weighted by molar-refractivity contribution is 5.86. The molecule has 2 rings (SSSR count). The van der Waals surface area contributed by atoms with Crippen LogP contribution in [0.5, 0.6) is 0 Å². The zero-order valence-electron chi connectivity index (χ0n) is 8.23. The first kappa shape index (κ1) is 9.22. The summed E-state index contributed by atoms with van der Waals surface area (Å²) in [6, 6.07) is 14.5. The predicted molar refractivity (Wildman–Crippen MR) is 59.1 cm³/mol. The largest absolute Gasteiger partial charge is 0.377 e. The molecule has 0 fully saturated rings. The average Bonchev–Trinajstić information content (AvgIpc) is 2.27. The van der Waals surface area contributed by atoms with Gasteiger partial charge in [0.15, 0.2) is 0 Å². The fourth-order valence-corrected chi connectivity index (χ4v) is 1.66. The van der Waals surface area contributed by atoms with Gasteiger partial charge in [0, 0.05) is 7.11 Å². The fourth-order valence-electron chi connectivity index (χ4n) is 1.66. The molecule has 0 aliphatic heterocycles. The van der Waals surface area contributed by atoms with Crippen LogP contribution in [0.25, 0.3) is 10.8 Å². The standard InChI is InChI=1S/C13H13O/c1-10(14-2)12-9-5-7-11-6-3-4-8-13(11)12/h3-10H,1H2,2H3. The van der Waals surface area contributed by atoms with Crippen LogP contribution in [-0.4, -0.2) is 7.11 Å². The van der Waals surface area contributed by atoms with Crippen LogP contribution in [0.2, 0.25) is 0 Å². The topological polar surface area (TPSA) is 9.23 Å². The summed E-state index contributed by atoms with van der Waals surface area (Å²) in [5, 5.41) is 2.45. The summed E-state index contributed by atoms with van der Waals surface area (Å²) in [4.78, 5) is 0. The molecule has 0 saturated heterocycles. The van der Waals surface area contributed by atoms with Crippen molar-refractivity contribution in [3.63, 3.8) is 0 Å². The van der Waals surface area contributed by atoms with Crippen LogP contribution >= 0.6 is 0 Å². The van der Waals surface area contributed by atoms with E-state index in [4.69, 9.17) is 4.74 Å². The lowest BCUT2D eigenvalue weighted by Gasteiger charge is -2.12. The normalized spacial score (nSPS) is 13.0. The fraction of sp³-hybridized carbons (Fsp3) is 0.154. The molecule has 0 amide bonds. The summed E-state index contributed by atoms with van der Waals surface area (Å²) >= 11 is 0. The zero-order chi connectivity index (χ0) is 9.97. The third kappa shape index (κ3) is 1.51. The van der Waals surface area contributed by atoms with Crippen LogP contribution in [0.1, 0.15) is 11.7 Å². The Labute approximate surface area is 84.3 Å². The second-order valence-corrected chi connectivity index (χ2v) is 3.29. The quantitative estimate of drug-likeness (QED) is 0.697. The lowest BCUT2D eigenvalue weighted by Crippen LogP contribution is -1.96. The van der Waals surface area contributed by atoms with E-state index in [1.807, 2.05) is 18.2 Å². The van der Waals surface area contributed by atoms with E-state index < -0.39 is 0 Å². The van der Waals surface area contributed by atoms with E-state index in [2.05, 4.69) is 31.2 Å². The van der Waals surface area contributed by atoms with E-state index in [0.717, 1.165) is 5.56 Å². The summed E-state index contributed by atoms with van der Waals surface area (Å²) in [7, 11) is 1.68. The number of benzene rings is 2. The lowest BCUT2D eigenvalue weighted by atomic mass is 10.0. The molecule has 1 unspecified atom stereocenters. The van der Waals surface area contributed by atoms with E-state index in [9.17, 15) is 0 Å². The number of hydrogen-bond donors (Lipinski definition) is 0. The van der Waals surface area contributed by atoms with Crippen molar-refractivity contribution in [3.8, 4) is 0 Å². The molecule has 2 aromatic rings. The summed E-state index contributed by atoms with van der Waals surface area (Å²) in [5.74, 6) is 0. The Morgan fingerprint density at radius 2 is 1.79 bits per heavy atom. The van der Waals surface area contributed by atoms with Gasteiger partial charge in [-0.25, -0.2) is 0 Å². The van der Waals surface area contributed by atoms with Crippen molar-refractivity contribution in [3.05, 3.63) is 55.0 Å². The van der Waals surface area contributed by atoms with Crippen molar-refractivity contribution in [1.82, 2.24) is 0 Å². The third-order valence-corrected chi connectivity index (χ3v) is 2.45. The smallest absolute Gasteiger partial charge is 0.0828 e. The Hall–Kier alpha value is -1.34. The van der Waals surface area contributed by atoms with Gasteiger partial charge in [0.2, 0.25) is 0 Å². The molecular weight excluding hydrogens is 172 g/mol. The molecule has 71 valence electrons. The Bertz CT molecular complexity index is 429. The van der Waals surface area contributed by atoms with Crippen LogP contribution in [-0.2, 0) is 4.74 Å². The van der Waals surface area contributed by atoms with Gasteiger partial charge in [-0.05, 0) is 23.3 Å². The number of hydrogen-bond acceptors (Lipinski definition) is 1. The van der Waals surface area contributed by atoms with Crippen molar-refractivity contribution in [1.29, 1.82) is 0 Å². The molecule has 0 spiro atoms. The molecule has 0 bridgehead atoms. The lowest BCUT2D eigenvalue weighted by molar-refractivity contribution is 0.142. The minimum absolute atomic E-state index is 0.0962. The SMILES string of the molecule is [CH2]C(OC)c1cccc2ccccc12. The van der Waals surface area contributed by atoms with Gasteiger partial charge in [0.05, 0.1) is 6.10 Å². The molecule has 0 heterocycles. The minimum atomic E-state index is -0.0962. The van der Waals surface area contributed by atoms with Crippen LogP contribution < -0.4 is 0 Å². The second kappa shape index (κ2) is 3.81. The Morgan fingerprint density at radius 3 is 2.57 bits per heavy atom. The Morgan fingerprint density at radius 1 is 1.07 bits per heavy atom. The van der Waals surface area contributed by atoms with Crippen LogP contribution in [0.3, 0.4) is 0 Å². The van der Waals surface area contributed by atoms with E-state index in [1.165, 1.54) is 10.8 Å². The summed E-state index contributed by atoms with van der Waals surface area (Å²) < 4.78 is 5.23. The van der Waals surface area contributed by atoms with Gasteiger partial charge in [-0.3, -0.25) is 0 Å². The highest BCUT2D eigenvalue weighted by Gasteiger charge is 2.06. The third-order valence-electron chi connectivity index (χ3n) is 2.45. The summed E-state index contributed by atoms with van der Waals surface area (Å²) in [6.45, 7) is 3.95. The molecule has 1 atom stereocenters. The zero-order valence-corrected chi connectivity index (χ0v) is 8.23. The molecule has 1 nitrogen and oxygen atoms in total. The maximum Gasteiger partial charge on any atom is 0.0828 e. The van der Waals surface area contributed by atoms with Crippen molar-refractivity contribution >= 4 is 10.8 Å². The molecule has 14 heavy (non-hydrogen) atoms. The molecule has 1 heteroatoms. The summed E-state index contributed by atoms with van der Waals surface area (Å²) in [5.41, 5.74) is 1.14. The number of ether oxygens (including phenoxy) is 1. The molecule has 0 aliphatic rings. The molecule has 2 aromatic carbocycles. The highest BCUT2D eigenvalue weighted by atomic mass is 16.5. The van der Waals surface area contributed by atoms with Crippen LogP contribution in [0.15, 0.2) is 42.5 Å². The van der Waals surface area contributed by atoms with Gasteiger partial charge in [-0.15, -0.1) is 0 Å². The molecular formula is C13H13O. The Balaban J connectivity index is 2.65. The maximum atomic E-state index is 5.23. The molecule has 0 saturated carbocycles. The maximum absolute atomic E-state index is 5.23. The van der Waals surface area contributed by atoms with Gasteiger partial charge in [0.25, 0.3) is 0 Å². The van der Waals surface area contributed by atoms with Crippen molar-refractivity contribution in [2.45, 2.75) is 6.10 Å². The van der Waals surface area contributed by atoms with E-state index >= 15 is 0 Å². The molecule has 1 radical (unpaired) electrons. The van der Waals surface area contributed by atoms with Gasteiger partial charge in [-0.2, -0.15) is 0 Å². The van der Waals surface area contributed by atoms with Crippen molar-refractivity contribution in [2.75, 3.05) is 7.11 Å². The minimum Gasteiger partial charge on any atom is -0.377 e. The van der Waals surface area contributed by atoms with Gasteiger partial charge in [0.1, 0.15) is 0 Å². The second-order valence-electron chi connectivity index (χ2n) is 3.29. The van der Waals surface area contributed by atoms with E-state index in [0.29, 0.717) is 0 Å². The molecule has 0 aromatic heterocycles. The summed E-state index contributed by atoms with van der Waals surface area (Å²) in [6.07, 6.45) is -0.0962. The van der Waals surface area contributed by atoms with Crippen molar-refractivity contribution in [2.24, 2.45) is 0 Å². The van der Waals surface area contributed by atoms with Gasteiger partial charge in [-0.1, -0.05) is 42.5 Å². The van der Waals surface area contributed by atoms with Crippen molar-refractivity contribution < 1.29 is 4.74 Å². The van der Waals surface area contributed by atoms with Gasteiger partial charge < -0.3 is 4.74 Å². The monoisotopic (exact) mass is 185 g/mol. The molecule has 0 N–H and O–H groups in total. The first-order valence-corrected chi connectivity index (χ1v) is 4.66. The highest BCUT2D eigenvalue weighted by Crippen LogP contribution is 2.25. The van der Waals surface area contributed by atoms with Crippen LogP contribution in [0, 0.1) is 6.92 Å². The number of methoxy groups -OCH3 is 1. The first-order chi connectivity index (χ1) is 6.83. The van der Waals surface area contributed by atoms with E-state index in [1.54, 1.807) is 7.11 Å². The number of rotatable bonds is 2. The molecule has 0 aliphatic carbocycles. The first-order valence-electron chi connectivity index (χ1n) is 4.66. The van der Waals surface area contributed by atoms with Crippen LogP contribution in [0.4, 0.5) is 0 Å². The van der Waals surface area contributed by atoms with Gasteiger partial charge >= 0.3 is 0 Å². The predicted octanol–water partition coefficient (Wildman–Crippen LogP) is 3.36. The average molecular weight is 185 g/mol.